The highest BCUT2D eigenvalue weighted by atomic mass is 16.4. The monoisotopic (exact) mass is 364 g/mol. The minimum atomic E-state index is -0.324. The number of fused-ring (bicyclic) bond motifs is 1. The van der Waals surface area contributed by atoms with E-state index in [0.29, 0.717) is 17.4 Å². The summed E-state index contributed by atoms with van der Waals surface area (Å²) in [7, 11) is 0. The summed E-state index contributed by atoms with van der Waals surface area (Å²) in [6, 6.07) is 15.2. The van der Waals surface area contributed by atoms with Crippen molar-refractivity contribution in [2.75, 3.05) is 18.4 Å². The van der Waals surface area contributed by atoms with E-state index in [-0.39, 0.29) is 5.63 Å². The number of hydrogen-bond donors (Lipinski definition) is 2. The molecule has 4 rings (SSSR count). The van der Waals surface area contributed by atoms with Crippen LogP contribution in [-0.2, 0) is 6.54 Å². The summed E-state index contributed by atoms with van der Waals surface area (Å²) in [5.74, 6) is 0.314. The third-order valence-electron chi connectivity index (χ3n) is 5.16. The number of aryl methyl sites for hydroxylation is 1. The summed E-state index contributed by atoms with van der Waals surface area (Å²) in [6.07, 6.45) is 2.01. The maximum absolute atomic E-state index is 11.9. The molecule has 140 valence electrons. The first kappa shape index (κ1) is 17.6. The molecule has 0 saturated carbocycles. The van der Waals surface area contributed by atoms with Crippen molar-refractivity contribution in [3.05, 3.63) is 70.1 Å². The number of hydrogen-bond acceptors (Lipinski definition) is 5. The van der Waals surface area contributed by atoms with Crippen LogP contribution in [0.1, 0.15) is 24.0 Å². The highest BCUT2D eigenvalue weighted by molar-refractivity contribution is 5.90. The van der Waals surface area contributed by atoms with Gasteiger partial charge in [-0.1, -0.05) is 23.8 Å². The molecule has 0 radical (unpaired) electrons. The lowest BCUT2D eigenvalue weighted by Gasteiger charge is -2.33. The molecule has 1 aliphatic rings. The number of phenolic OH excluding ortho intramolecular Hbond substituents is 1. The Bertz CT molecular complexity index is 1000. The zero-order valence-corrected chi connectivity index (χ0v) is 15.4. The quantitative estimate of drug-likeness (QED) is 0.688. The molecule has 0 bridgehead atoms. The number of rotatable bonds is 4. The predicted octanol–water partition coefficient (Wildman–Crippen LogP) is 3.88. The van der Waals surface area contributed by atoms with Gasteiger partial charge in [0.1, 0.15) is 11.3 Å². The maximum atomic E-state index is 11.9. The molecule has 0 aliphatic carbocycles. The van der Waals surface area contributed by atoms with Crippen LogP contribution < -0.4 is 10.9 Å². The van der Waals surface area contributed by atoms with Gasteiger partial charge in [0.15, 0.2) is 0 Å². The van der Waals surface area contributed by atoms with Crippen LogP contribution in [0.25, 0.3) is 11.0 Å². The summed E-state index contributed by atoms with van der Waals surface area (Å²) < 4.78 is 5.32. The normalized spacial score (nSPS) is 15.9. The minimum Gasteiger partial charge on any atom is -0.508 e. The van der Waals surface area contributed by atoms with Crippen LogP contribution in [0.15, 0.2) is 57.7 Å². The van der Waals surface area contributed by atoms with Gasteiger partial charge in [0.2, 0.25) is 0 Å². The summed E-state index contributed by atoms with van der Waals surface area (Å²) in [5.41, 5.74) is 3.42. The Morgan fingerprint density at radius 1 is 1.15 bits per heavy atom. The number of benzene rings is 2. The molecule has 27 heavy (non-hydrogen) atoms. The van der Waals surface area contributed by atoms with Crippen molar-refractivity contribution in [3.63, 3.8) is 0 Å². The molecule has 1 fully saturated rings. The van der Waals surface area contributed by atoms with E-state index in [4.69, 9.17) is 4.42 Å². The van der Waals surface area contributed by atoms with Crippen molar-refractivity contribution >= 4 is 16.7 Å². The molecule has 0 atom stereocenters. The average molecular weight is 364 g/mol. The zero-order valence-electron chi connectivity index (χ0n) is 15.4. The summed E-state index contributed by atoms with van der Waals surface area (Å²) in [5, 5.41) is 14.1. The van der Waals surface area contributed by atoms with Crippen LogP contribution in [0, 0.1) is 6.92 Å². The SMILES string of the molecule is Cc1ccc2oc(=O)cc(NC3CCN(Cc4cccc(O)c4)CC3)c2c1. The number of phenols is 1. The molecular formula is C22H24N2O3. The minimum absolute atomic E-state index is 0.314. The molecule has 5 nitrogen and oxygen atoms in total. The first-order valence-corrected chi connectivity index (χ1v) is 9.38. The Morgan fingerprint density at radius 3 is 2.74 bits per heavy atom. The van der Waals surface area contributed by atoms with Crippen molar-refractivity contribution < 1.29 is 9.52 Å². The molecule has 0 amide bonds. The van der Waals surface area contributed by atoms with E-state index in [2.05, 4.69) is 16.3 Å². The molecule has 2 aromatic carbocycles. The van der Waals surface area contributed by atoms with Gasteiger partial charge >= 0.3 is 5.63 Å². The second kappa shape index (κ2) is 7.45. The van der Waals surface area contributed by atoms with Gasteiger partial charge < -0.3 is 14.8 Å². The molecule has 1 saturated heterocycles. The van der Waals surface area contributed by atoms with Crippen molar-refractivity contribution in [1.82, 2.24) is 4.90 Å². The van der Waals surface area contributed by atoms with Crippen LogP contribution >= 0.6 is 0 Å². The fraction of sp³-hybridized carbons (Fsp3) is 0.318. The molecule has 1 aromatic heterocycles. The summed E-state index contributed by atoms with van der Waals surface area (Å²) in [4.78, 5) is 14.3. The van der Waals surface area contributed by atoms with E-state index in [1.807, 2.05) is 37.3 Å². The van der Waals surface area contributed by atoms with E-state index >= 15 is 0 Å². The molecule has 2 N–H and O–H groups in total. The van der Waals surface area contributed by atoms with Crippen LogP contribution in [0.3, 0.4) is 0 Å². The predicted molar refractivity (Wildman–Crippen MR) is 107 cm³/mol. The smallest absolute Gasteiger partial charge is 0.338 e. The summed E-state index contributed by atoms with van der Waals surface area (Å²) >= 11 is 0. The molecule has 2 heterocycles. The Morgan fingerprint density at radius 2 is 1.96 bits per heavy atom. The molecule has 0 spiro atoms. The van der Waals surface area contributed by atoms with Gasteiger partial charge in [0.05, 0.1) is 5.69 Å². The lowest BCUT2D eigenvalue weighted by Crippen LogP contribution is -2.38. The zero-order chi connectivity index (χ0) is 18.8. The second-order valence-corrected chi connectivity index (χ2v) is 7.34. The van der Waals surface area contributed by atoms with Gasteiger partial charge in [-0.3, -0.25) is 4.90 Å². The van der Waals surface area contributed by atoms with Crippen LogP contribution in [0.5, 0.6) is 5.75 Å². The number of anilines is 1. The average Bonchev–Trinajstić information content (AvgIpc) is 2.64. The molecule has 1 aliphatic heterocycles. The van der Waals surface area contributed by atoms with Gasteiger partial charge in [-0.15, -0.1) is 0 Å². The first-order valence-electron chi connectivity index (χ1n) is 9.38. The fourth-order valence-corrected chi connectivity index (χ4v) is 3.76. The fourth-order valence-electron chi connectivity index (χ4n) is 3.76. The van der Waals surface area contributed by atoms with Crippen molar-refractivity contribution in [1.29, 1.82) is 0 Å². The lowest BCUT2D eigenvalue weighted by molar-refractivity contribution is 0.211. The van der Waals surface area contributed by atoms with E-state index in [1.165, 1.54) is 0 Å². The standard InChI is InChI=1S/C22H24N2O3/c1-15-5-6-21-19(11-15)20(13-22(26)27-21)23-17-7-9-24(10-8-17)14-16-3-2-4-18(25)12-16/h2-6,11-13,17,23,25H,7-10,14H2,1H3. The van der Waals surface area contributed by atoms with Crippen molar-refractivity contribution in [3.8, 4) is 5.75 Å². The maximum Gasteiger partial charge on any atom is 0.338 e. The number of piperidine rings is 1. The molecular weight excluding hydrogens is 340 g/mol. The highest BCUT2D eigenvalue weighted by Crippen LogP contribution is 2.26. The molecule has 5 heteroatoms. The molecule has 3 aromatic rings. The van der Waals surface area contributed by atoms with E-state index in [9.17, 15) is 9.90 Å². The van der Waals surface area contributed by atoms with E-state index in [0.717, 1.165) is 54.7 Å². The highest BCUT2D eigenvalue weighted by Gasteiger charge is 2.20. The number of nitrogens with zero attached hydrogens (tertiary/aromatic N) is 1. The van der Waals surface area contributed by atoms with Gasteiger partial charge in [0, 0.05) is 37.1 Å². The van der Waals surface area contributed by atoms with Crippen molar-refractivity contribution in [2.24, 2.45) is 0 Å². The van der Waals surface area contributed by atoms with E-state index < -0.39 is 0 Å². The van der Waals surface area contributed by atoms with Gasteiger partial charge in [0.25, 0.3) is 0 Å². The van der Waals surface area contributed by atoms with Gasteiger partial charge in [-0.2, -0.15) is 0 Å². The molecule has 0 unspecified atom stereocenters. The van der Waals surface area contributed by atoms with Crippen LogP contribution in [-0.4, -0.2) is 29.1 Å². The Labute approximate surface area is 158 Å². The van der Waals surface area contributed by atoms with Crippen molar-refractivity contribution in [2.45, 2.75) is 32.4 Å². The third kappa shape index (κ3) is 4.14. The number of aromatic hydroxyl groups is 1. The Balaban J connectivity index is 1.43. The van der Waals surface area contributed by atoms with Gasteiger partial charge in [-0.05, 0) is 49.6 Å². The number of nitrogens with one attached hydrogen (secondary N) is 1. The lowest BCUT2D eigenvalue weighted by atomic mass is 10.0. The van der Waals surface area contributed by atoms with Gasteiger partial charge in [-0.25, -0.2) is 4.79 Å². The van der Waals surface area contributed by atoms with E-state index in [1.54, 1.807) is 12.1 Å². The largest absolute Gasteiger partial charge is 0.508 e. The summed E-state index contributed by atoms with van der Waals surface area (Å²) in [6.45, 7) is 4.84. The Kier molecular flexibility index (Phi) is 4.86. The topological polar surface area (TPSA) is 65.7 Å². The second-order valence-electron chi connectivity index (χ2n) is 7.34. The van der Waals surface area contributed by atoms with Crippen LogP contribution in [0.4, 0.5) is 5.69 Å². The first-order chi connectivity index (χ1) is 13.1. The van der Waals surface area contributed by atoms with Crippen LogP contribution in [0.2, 0.25) is 0 Å². The third-order valence-corrected chi connectivity index (χ3v) is 5.16. The Hall–Kier alpha value is -2.79. The number of likely N-dealkylation sites (tertiary alicyclic amines) is 1.